The average Bonchev–Trinajstić information content (AvgIpc) is 2.91. The third-order valence-corrected chi connectivity index (χ3v) is 4.66. The highest BCUT2D eigenvalue weighted by Gasteiger charge is 2.22. The molecule has 1 atom stereocenters. The lowest BCUT2D eigenvalue weighted by molar-refractivity contribution is -0.121. The molecule has 3 nitrogen and oxygen atoms in total. The highest BCUT2D eigenvalue weighted by Crippen LogP contribution is 2.27. The first kappa shape index (κ1) is 13.9. The first-order valence-electron chi connectivity index (χ1n) is 7.78. The lowest BCUT2D eigenvalue weighted by Gasteiger charge is -2.24. The zero-order valence-electron chi connectivity index (χ0n) is 11.7. The largest absolute Gasteiger partial charge is 0.352 e. The van der Waals surface area contributed by atoms with Gasteiger partial charge < -0.3 is 10.6 Å². The minimum atomic E-state index is 0.187. The van der Waals surface area contributed by atoms with E-state index in [-0.39, 0.29) is 5.91 Å². The van der Waals surface area contributed by atoms with E-state index in [9.17, 15) is 4.79 Å². The van der Waals surface area contributed by atoms with Crippen molar-refractivity contribution in [3.05, 3.63) is 0 Å². The van der Waals surface area contributed by atoms with Crippen LogP contribution in [0.2, 0.25) is 0 Å². The Labute approximate surface area is 111 Å². The van der Waals surface area contributed by atoms with Gasteiger partial charge in [-0.15, -0.1) is 0 Å². The standard InChI is InChI=1S/C15H28N2O/c1-12(13-7-5-6-8-13)16-11-15(18)17-14-9-3-2-4-10-14/h12-14,16H,2-11H2,1H3,(H,17,18)/t12-/m0/s1. The second kappa shape index (κ2) is 7.13. The molecule has 104 valence electrons. The summed E-state index contributed by atoms with van der Waals surface area (Å²) in [6.45, 7) is 2.72. The molecule has 0 aromatic rings. The van der Waals surface area contributed by atoms with Gasteiger partial charge >= 0.3 is 0 Å². The van der Waals surface area contributed by atoms with Gasteiger partial charge in [0.15, 0.2) is 0 Å². The number of carbonyl (C=O) groups excluding carboxylic acids is 1. The molecular weight excluding hydrogens is 224 g/mol. The van der Waals surface area contributed by atoms with Crippen molar-refractivity contribution in [2.45, 2.75) is 76.8 Å². The summed E-state index contributed by atoms with van der Waals surface area (Å²) in [5.41, 5.74) is 0. The van der Waals surface area contributed by atoms with Crippen molar-refractivity contribution in [1.82, 2.24) is 10.6 Å². The Kier molecular flexibility index (Phi) is 5.48. The Morgan fingerprint density at radius 3 is 2.33 bits per heavy atom. The van der Waals surface area contributed by atoms with Gasteiger partial charge in [0.2, 0.25) is 5.91 Å². The Hall–Kier alpha value is -0.570. The summed E-state index contributed by atoms with van der Waals surface area (Å²) in [5, 5.41) is 6.57. The predicted molar refractivity (Wildman–Crippen MR) is 74.4 cm³/mol. The molecule has 2 rings (SSSR count). The second-order valence-corrected chi connectivity index (χ2v) is 6.12. The molecule has 2 fully saturated rings. The molecule has 0 aromatic heterocycles. The van der Waals surface area contributed by atoms with Crippen LogP contribution in [0.1, 0.15) is 64.7 Å². The molecule has 2 N–H and O–H groups in total. The number of nitrogens with one attached hydrogen (secondary N) is 2. The lowest BCUT2D eigenvalue weighted by Crippen LogP contribution is -2.44. The molecule has 0 aliphatic heterocycles. The number of amides is 1. The van der Waals surface area contributed by atoms with Crippen molar-refractivity contribution < 1.29 is 4.79 Å². The highest BCUT2D eigenvalue weighted by molar-refractivity contribution is 5.78. The second-order valence-electron chi connectivity index (χ2n) is 6.12. The fraction of sp³-hybridized carbons (Fsp3) is 0.933. The van der Waals surface area contributed by atoms with Crippen LogP contribution in [-0.4, -0.2) is 24.5 Å². The Morgan fingerprint density at radius 1 is 1.06 bits per heavy atom. The molecular formula is C15H28N2O. The van der Waals surface area contributed by atoms with E-state index in [2.05, 4.69) is 17.6 Å². The molecule has 0 aromatic carbocycles. The molecule has 2 aliphatic carbocycles. The van der Waals surface area contributed by atoms with Gasteiger partial charge in [0.25, 0.3) is 0 Å². The highest BCUT2D eigenvalue weighted by atomic mass is 16.1. The summed E-state index contributed by atoms with van der Waals surface area (Å²) < 4.78 is 0. The van der Waals surface area contributed by atoms with E-state index >= 15 is 0 Å². The van der Waals surface area contributed by atoms with E-state index in [0.717, 1.165) is 5.92 Å². The van der Waals surface area contributed by atoms with E-state index in [1.165, 1.54) is 57.8 Å². The van der Waals surface area contributed by atoms with Crippen molar-refractivity contribution in [2.75, 3.05) is 6.54 Å². The van der Waals surface area contributed by atoms with Gasteiger partial charge in [-0.3, -0.25) is 4.79 Å². The Bertz CT molecular complexity index is 255. The van der Waals surface area contributed by atoms with E-state index in [1.54, 1.807) is 0 Å². The average molecular weight is 252 g/mol. The maximum atomic E-state index is 11.9. The van der Waals surface area contributed by atoms with Gasteiger partial charge in [-0.05, 0) is 38.5 Å². The first-order valence-corrected chi connectivity index (χ1v) is 7.78. The number of hydrogen-bond acceptors (Lipinski definition) is 2. The minimum Gasteiger partial charge on any atom is -0.352 e. The van der Waals surface area contributed by atoms with Crippen molar-refractivity contribution in [1.29, 1.82) is 0 Å². The normalized spacial score (nSPS) is 24.1. The van der Waals surface area contributed by atoms with Crippen molar-refractivity contribution in [3.63, 3.8) is 0 Å². The summed E-state index contributed by atoms with van der Waals surface area (Å²) in [6.07, 6.45) is 11.6. The van der Waals surface area contributed by atoms with Crippen LogP contribution in [0, 0.1) is 5.92 Å². The summed E-state index contributed by atoms with van der Waals surface area (Å²) in [4.78, 5) is 11.9. The predicted octanol–water partition coefficient (Wildman–Crippen LogP) is 2.60. The van der Waals surface area contributed by atoms with Crippen LogP contribution in [0.5, 0.6) is 0 Å². The smallest absolute Gasteiger partial charge is 0.234 e. The minimum absolute atomic E-state index is 0.187. The molecule has 0 unspecified atom stereocenters. The van der Waals surface area contributed by atoms with Gasteiger partial charge in [-0.1, -0.05) is 32.1 Å². The monoisotopic (exact) mass is 252 g/mol. The van der Waals surface area contributed by atoms with Crippen molar-refractivity contribution in [3.8, 4) is 0 Å². The van der Waals surface area contributed by atoms with Crippen LogP contribution in [0.25, 0.3) is 0 Å². The fourth-order valence-electron chi connectivity index (χ4n) is 3.40. The van der Waals surface area contributed by atoms with E-state index in [1.807, 2.05) is 0 Å². The van der Waals surface area contributed by atoms with Crippen LogP contribution >= 0.6 is 0 Å². The summed E-state index contributed by atoms with van der Waals surface area (Å²) in [6, 6.07) is 0.930. The number of carbonyl (C=O) groups is 1. The third-order valence-electron chi connectivity index (χ3n) is 4.66. The summed E-state index contributed by atoms with van der Waals surface area (Å²) in [7, 11) is 0. The third kappa shape index (κ3) is 4.27. The fourth-order valence-corrected chi connectivity index (χ4v) is 3.40. The van der Waals surface area contributed by atoms with E-state index < -0.39 is 0 Å². The van der Waals surface area contributed by atoms with Crippen LogP contribution < -0.4 is 10.6 Å². The lowest BCUT2D eigenvalue weighted by atomic mass is 9.95. The molecule has 0 radical (unpaired) electrons. The van der Waals surface area contributed by atoms with Gasteiger partial charge in [0.1, 0.15) is 0 Å². The van der Waals surface area contributed by atoms with Gasteiger partial charge in [0, 0.05) is 12.1 Å². The Balaban J connectivity index is 1.61. The summed E-state index contributed by atoms with van der Waals surface area (Å²) in [5.74, 6) is 0.972. The van der Waals surface area contributed by atoms with Crippen molar-refractivity contribution >= 4 is 5.91 Å². The van der Waals surface area contributed by atoms with Crippen LogP contribution in [0.4, 0.5) is 0 Å². The molecule has 18 heavy (non-hydrogen) atoms. The molecule has 2 aliphatic rings. The number of rotatable bonds is 5. The van der Waals surface area contributed by atoms with Gasteiger partial charge in [-0.2, -0.15) is 0 Å². The zero-order valence-corrected chi connectivity index (χ0v) is 11.7. The SMILES string of the molecule is C[C@H](NCC(=O)NC1CCCCC1)C1CCCC1. The van der Waals surface area contributed by atoms with Crippen LogP contribution in [-0.2, 0) is 4.79 Å². The maximum absolute atomic E-state index is 11.9. The molecule has 2 saturated carbocycles. The van der Waals surface area contributed by atoms with Crippen LogP contribution in [0.3, 0.4) is 0 Å². The van der Waals surface area contributed by atoms with Crippen molar-refractivity contribution in [2.24, 2.45) is 5.92 Å². The first-order chi connectivity index (χ1) is 8.75. The van der Waals surface area contributed by atoms with Gasteiger partial charge in [0.05, 0.1) is 6.54 Å². The Morgan fingerprint density at radius 2 is 1.67 bits per heavy atom. The molecule has 3 heteroatoms. The summed E-state index contributed by atoms with van der Waals surface area (Å²) >= 11 is 0. The van der Waals surface area contributed by atoms with E-state index in [0.29, 0.717) is 18.6 Å². The van der Waals surface area contributed by atoms with E-state index in [4.69, 9.17) is 0 Å². The quantitative estimate of drug-likeness (QED) is 0.789. The zero-order chi connectivity index (χ0) is 12.8. The maximum Gasteiger partial charge on any atom is 0.234 e. The molecule has 0 saturated heterocycles. The molecule has 0 heterocycles. The number of hydrogen-bond donors (Lipinski definition) is 2. The topological polar surface area (TPSA) is 41.1 Å². The van der Waals surface area contributed by atoms with Gasteiger partial charge in [-0.25, -0.2) is 0 Å². The molecule has 0 spiro atoms. The van der Waals surface area contributed by atoms with Crippen LogP contribution in [0.15, 0.2) is 0 Å². The molecule has 1 amide bonds. The molecule has 0 bridgehead atoms.